The maximum Gasteiger partial charge on any atom is 0.320 e. The lowest BCUT2D eigenvalue weighted by Crippen LogP contribution is -2.48. The molecule has 0 saturated carbocycles. The van der Waals surface area contributed by atoms with Crippen LogP contribution in [0.3, 0.4) is 0 Å². The summed E-state index contributed by atoms with van der Waals surface area (Å²) in [5.74, 6) is 0.925. The highest BCUT2D eigenvalue weighted by molar-refractivity contribution is 7.15. The molecule has 4 heterocycles. The number of hydrogen-bond donors (Lipinski definition) is 0. The minimum Gasteiger partial charge on any atom is -0.494 e. The van der Waals surface area contributed by atoms with Gasteiger partial charge in [-0.15, -0.1) is 11.3 Å². The predicted molar refractivity (Wildman–Crippen MR) is 135 cm³/mol. The zero-order valence-corrected chi connectivity index (χ0v) is 21.0. The van der Waals surface area contributed by atoms with E-state index in [1.165, 1.54) is 24.3 Å². The molecule has 0 radical (unpaired) electrons. The lowest BCUT2D eigenvalue weighted by molar-refractivity contribution is 0.0436. The number of urea groups is 1. The van der Waals surface area contributed by atoms with Crippen molar-refractivity contribution >= 4 is 17.4 Å². The minimum atomic E-state index is 0.143. The van der Waals surface area contributed by atoms with Crippen molar-refractivity contribution in [2.24, 2.45) is 0 Å². The Balaban J connectivity index is 1.12. The second-order valence-electron chi connectivity index (χ2n) is 9.51. The lowest BCUT2D eigenvalue weighted by atomic mass is 10.2. The van der Waals surface area contributed by atoms with E-state index >= 15 is 0 Å². The molecule has 1 aromatic heterocycles. The van der Waals surface area contributed by atoms with Gasteiger partial charge in [0, 0.05) is 62.0 Å². The highest BCUT2D eigenvalue weighted by Gasteiger charge is 2.26. The standard InChI is InChI=1S/C26H36N4O3S/c1-20-4-2-11-28(20)12-3-17-33-22-7-5-21(6-8-22)25-27-23-9-13-29(14-10-24(23)34-25)26(31)30-15-18-32-19-16-30/h5-8,20H,2-4,9-19H2,1H3. The van der Waals surface area contributed by atoms with Crippen molar-refractivity contribution in [2.45, 2.75) is 45.1 Å². The molecule has 2 fully saturated rings. The molecule has 8 heteroatoms. The number of hydrogen-bond acceptors (Lipinski definition) is 6. The first-order valence-electron chi connectivity index (χ1n) is 12.7. The summed E-state index contributed by atoms with van der Waals surface area (Å²) < 4.78 is 11.4. The Morgan fingerprint density at radius 1 is 1.09 bits per heavy atom. The van der Waals surface area contributed by atoms with Crippen LogP contribution in [0, 0.1) is 0 Å². The van der Waals surface area contributed by atoms with Crippen molar-refractivity contribution in [3.63, 3.8) is 0 Å². The number of amides is 2. The zero-order chi connectivity index (χ0) is 23.3. The lowest BCUT2D eigenvalue weighted by Gasteiger charge is -2.32. The van der Waals surface area contributed by atoms with Crippen LogP contribution >= 0.6 is 11.3 Å². The van der Waals surface area contributed by atoms with E-state index in [0.29, 0.717) is 26.3 Å². The number of thiazole rings is 1. The molecule has 2 aromatic rings. The van der Waals surface area contributed by atoms with E-state index in [-0.39, 0.29) is 6.03 Å². The normalized spacial score (nSPS) is 21.4. The van der Waals surface area contributed by atoms with Gasteiger partial charge in [-0.1, -0.05) is 0 Å². The van der Waals surface area contributed by atoms with Crippen LogP contribution in [0.4, 0.5) is 4.79 Å². The van der Waals surface area contributed by atoms with Gasteiger partial charge in [0.2, 0.25) is 0 Å². The molecule has 0 bridgehead atoms. The van der Waals surface area contributed by atoms with Crippen LogP contribution in [-0.2, 0) is 17.6 Å². The predicted octanol–water partition coefficient (Wildman–Crippen LogP) is 3.92. The molecule has 0 aliphatic carbocycles. The van der Waals surface area contributed by atoms with Crippen LogP contribution in [0.25, 0.3) is 10.6 Å². The molecule has 34 heavy (non-hydrogen) atoms. The number of fused-ring (bicyclic) bond motifs is 1. The zero-order valence-electron chi connectivity index (χ0n) is 20.2. The summed E-state index contributed by atoms with van der Waals surface area (Å²) in [6.45, 7) is 9.59. The summed E-state index contributed by atoms with van der Waals surface area (Å²) in [6, 6.07) is 9.21. The van der Waals surface area contributed by atoms with Gasteiger partial charge in [0.05, 0.1) is 25.5 Å². The second-order valence-corrected chi connectivity index (χ2v) is 10.6. The second kappa shape index (κ2) is 11.1. The van der Waals surface area contributed by atoms with E-state index in [0.717, 1.165) is 73.6 Å². The minimum absolute atomic E-state index is 0.143. The van der Waals surface area contributed by atoms with Gasteiger partial charge in [-0.05, 0) is 57.0 Å². The van der Waals surface area contributed by atoms with Crippen molar-refractivity contribution in [1.82, 2.24) is 19.7 Å². The highest BCUT2D eigenvalue weighted by Crippen LogP contribution is 2.31. The first kappa shape index (κ1) is 23.6. The summed E-state index contributed by atoms with van der Waals surface area (Å²) in [5.41, 5.74) is 2.28. The van der Waals surface area contributed by atoms with Crippen LogP contribution in [0.1, 0.15) is 36.8 Å². The molecule has 1 atom stereocenters. The van der Waals surface area contributed by atoms with Crippen molar-refractivity contribution in [3.8, 4) is 16.3 Å². The van der Waals surface area contributed by atoms with Gasteiger partial charge in [-0.3, -0.25) is 0 Å². The molecule has 3 aliphatic rings. The van der Waals surface area contributed by atoms with Crippen LogP contribution < -0.4 is 4.74 Å². The van der Waals surface area contributed by atoms with Gasteiger partial charge in [-0.2, -0.15) is 0 Å². The van der Waals surface area contributed by atoms with Gasteiger partial charge in [-0.25, -0.2) is 9.78 Å². The van der Waals surface area contributed by atoms with Crippen molar-refractivity contribution in [1.29, 1.82) is 0 Å². The fourth-order valence-corrected chi connectivity index (χ4v) is 6.21. The molecular formula is C26H36N4O3S. The van der Waals surface area contributed by atoms with Crippen LogP contribution in [0.15, 0.2) is 24.3 Å². The third-order valence-electron chi connectivity index (χ3n) is 7.21. The van der Waals surface area contributed by atoms with E-state index < -0.39 is 0 Å². The van der Waals surface area contributed by atoms with Crippen molar-refractivity contribution in [2.75, 3.05) is 59.1 Å². The van der Waals surface area contributed by atoms with Crippen LogP contribution in [-0.4, -0.2) is 90.8 Å². The molecule has 0 spiro atoms. The number of carbonyl (C=O) groups excluding carboxylic acids is 1. The number of carbonyl (C=O) groups is 1. The number of rotatable bonds is 6. The summed E-state index contributed by atoms with van der Waals surface area (Å²) in [6.07, 6.45) is 5.41. The number of benzene rings is 1. The number of likely N-dealkylation sites (tertiary alicyclic amines) is 1. The van der Waals surface area contributed by atoms with Gasteiger partial charge in [0.1, 0.15) is 10.8 Å². The molecule has 5 rings (SSSR count). The Morgan fingerprint density at radius 2 is 1.85 bits per heavy atom. The fraction of sp³-hybridized carbons (Fsp3) is 0.615. The Labute approximate surface area is 206 Å². The van der Waals surface area contributed by atoms with E-state index in [2.05, 4.69) is 36.1 Å². The van der Waals surface area contributed by atoms with Crippen LogP contribution in [0.2, 0.25) is 0 Å². The van der Waals surface area contributed by atoms with Gasteiger partial charge in [0.25, 0.3) is 0 Å². The number of ether oxygens (including phenoxy) is 2. The summed E-state index contributed by atoms with van der Waals surface area (Å²) in [4.78, 5) is 25.6. The summed E-state index contributed by atoms with van der Waals surface area (Å²) in [7, 11) is 0. The third kappa shape index (κ3) is 5.56. The number of aromatic nitrogens is 1. The van der Waals surface area contributed by atoms with E-state index in [1.807, 2.05) is 9.80 Å². The average molecular weight is 485 g/mol. The smallest absolute Gasteiger partial charge is 0.320 e. The molecule has 7 nitrogen and oxygen atoms in total. The Bertz CT molecular complexity index is 932. The first-order valence-corrected chi connectivity index (χ1v) is 13.6. The average Bonchev–Trinajstić information content (AvgIpc) is 3.42. The van der Waals surface area contributed by atoms with Crippen molar-refractivity contribution in [3.05, 3.63) is 34.8 Å². The third-order valence-corrected chi connectivity index (χ3v) is 8.41. The Kier molecular flexibility index (Phi) is 7.67. The molecule has 0 N–H and O–H groups in total. The van der Waals surface area contributed by atoms with E-state index in [1.54, 1.807) is 11.3 Å². The van der Waals surface area contributed by atoms with Gasteiger partial charge >= 0.3 is 6.03 Å². The van der Waals surface area contributed by atoms with E-state index in [9.17, 15) is 4.79 Å². The molecule has 184 valence electrons. The van der Waals surface area contributed by atoms with Crippen LogP contribution in [0.5, 0.6) is 5.75 Å². The summed E-state index contributed by atoms with van der Waals surface area (Å²) >= 11 is 1.76. The molecular weight excluding hydrogens is 448 g/mol. The number of nitrogens with zero attached hydrogens (tertiary/aromatic N) is 4. The molecule has 2 saturated heterocycles. The number of morpholine rings is 1. The monoisotopic (exact) mass is 484 g/mol. The van der Waals surface area contributed by atoms with E-state index in [4.69, 9.17) is 14.5 Å². The van der Waals surface area contributed by atoms with Crippen molar-refractivity contribution < 1.29 is 14.3 Å². The topological polar surface area (TPSA) is 58.1 Å². The molecule has 1 aromatic carbocycles. The largest absolute Gasteiger partial charge is 0.494 e. The fourth-order valence-electron chi connectivity index (χ4n) is 5.11. The Morgan fingerprint density at radius 3 is 2.62 bits per heavy atom. The SMILES string of the molecule is CC1CCCN1CCCOc1ccc(-c2nc3c(s2)CCN(C(=O)N2CCOCC2)CC3)cc1. The highest BCUT2D eigenvalue weighted by atomic mass is 32.1. The molecule has 3 aliphatic heterocycles. The molecule has 2 amide bonds. The maximum atomic E-state index is 12.8. The quantitative estimate of drug-likeness (QED) is 0.582. The van der Waals surface area contributed by atoms with Gasteiger partial charge < -0.3 is 24.2 Å². The van der Waals surface area contributed by atoms with Gasteiger partial charge in [0.15, 0.2) is 0 Å². The first-order chi connectivity index (χ1) is 16.7. The Hall–Kier alpha value is -2.16. The summed E-state index contributed by atoms with van der Waals surface area (Å²) in [5, 5.41) is 1.06. The maximum absolute atomic E-state index is 12.8. The molecule has 1 unspecified atom stereocenters.